The summed E-state index contributed by atoms with van der Waals surface area (Å²) in [6.07, 6.45) is 3.96. The van der Waals surface area contributed by atoms with E-state index in [9.17, 15) is 4.79 Å². The summed E-state index contributed by atoms with van der Waals surface area (Å²) in [5.74, 6) is -0.399. The normalized spacial score (nSPS) is 11.6. The number of nitrogens with two attached hydrogens (primary N) is 1. The molecule has 0 fully saturated rings. The molecule has 0 saturated heterocycles. The van der Waals surface area contributed by atoms with E-state index >= 15 is 0 Å². The molecular weight excluding hydrogens is 206 g/mol. The molecule has 0 spiro atoms. The molecule has 0 amide bonds. The van der Waals surface area contributed by atoms with E-state index in [0.29, 0.717) is 6.42 Å². The first kappa shape index (κ1) is 12.9. The number of carbonyl (C=O) groups excluding carboxylic acids is 1. The zero-order valence-electron chi connectivity index (χ0n) is 8.14. The molecule has 0 saturated carbocycles. The average molecular weight is 220 g/mol. The van der Waals surface area contributed by atoms with Crippen molar-refractivity contribution in [2.24, 2.45) is 12.8 Å². The lowest BCUT2D eigenvalue weighted by Gasteiger charge is -2.06. The fourth-order valence-corrected chi connectivity index (χ4v) is 1.07. The molecule has 1 atom stereocenters. The summed E-state index contributed by atoms with van der Waals surface area (Å²) < 4.78 is 6.17. The van der Waals surface area contributed by atoms with Crippen molar-refractivity contribution in [3.63, 3.8) is 0 Å². The molecule has 2 N–H and O–H groups in total. The van der Waals surface area contributed by atoms with Crippen LogP contribution >= 0.6 is 12.4 Å². The first-order chi connectivity index (χ1) is 6.13. The molecule has 1 aromatic heterocycles. The van der Waals surface area contributed by atoms with Gasteiger partial charge in [-0.3, -0.25) is 9.48 Å². The lowest BCUT2D eigenvalue weighted by Crippen LogP contribution is -2.33. The maximum absolute atomic E-state index is 10.9. The Morgan fingerprint density at radius 3 is 2.86 bits per heavy atom. The molecule has 1 rings (SSSR count). The SMILES string of the molecule is COC(=O)[C@H](N)Cc1cnn(C)c1.Cl. The molecule has 0 bridgehead atoms. The van der Waals surface area contributed by atoms with Crippen LogP contribution in [0.1, 0.15) is 5.56 Å². The van der Waals surface area contributed by atoms with Crippen LogP contribution in [0.4, 0.5) is 0 Å². The van der Waals surface area contributed by atoms with Crippen molar-refractivity contribution in [1.29, 1.82) is 0 Å². The first-order valence-corrected chi connectivity index (χ1v) is 3.94. The molecule has 6 heteroatoms. The van der Waals surface area contributed by atoms with Crippen LogP contribution in [0.2, 0.25) is 0 Å². The molecule has 0 unspecified atom stereocenters. The number of ether oxygens (including phenoxy) is 1. The topological polar surface area (TPSA) is 70.1 Å². The number of hydrogen-bond donors (Lipinski definition) is 1. The fourth-order valence-electron chi connectivity index (χ4n) is 1.07. The number of methoxy groups -OCH3 is 1. The van der Waals surface area contributed by atoms with Gasteiger partial charge in [0.25, 0.3) is 0 Å². The van der Waals surface area contributed by atoms with Gasteiger partial charge in [-0.25, -0.2) is 0 Å². The van der Waals surface area contributed by atoms with E-state index in [1.165, 1.54) is 7.11 Å². The average Bonchev–Trinajstić information content (AvgIpc) is 2.49. The molecule has 0 aromatic carbocycles. The van der Waals surface area contributed by atoms with Crippen LogP contribution in [0.15, 0.2) is 12.4 Å². The number of nitrogens with zero attached hydrogens (tertiary/aromatic N) is 2. The summed E-state index contributed by atoms with van der Waals surface area (Å²) in [5.41, 5.74) is 6.49. The van der Waals surface area contributed by atoms with Crippen molar-refractivity contribution >= 4 is 18.4 Å². The molecular formula is C8H14ClN3O2. The van der Waals surface area contributed by atoms with Gasteiger partial charge in [0, 0.05) is 19.7 Å². The molecule has 1 heterocycles. The predicted octanol–water partition coefficient (Wildman–Crippen LogP) is -0.115. The Kier molecular flexibility index (Phi) is 5.19. The lowest BCUT2D eigenvalue weighted by atomic mass is 10.1. The first-order valence-electron chi connectivity index (χ1n) is 3.94. The highest BCUT2D eigenvalue weighted by Gasteiger charge is 2.14. The molecule has 0 aliphatic carbocycles. The van der Waals surface area contributed by atoms with Crippen LogP contribution in [0.25, 0.3) is 0 Å². The van der Waals surface area contributed by atoms with Crippen molar-refractivity contribution < 1.29 is 9.53 Å². The van der Waals surface area contributed by atoms with Gasteiger partial charge in [0.1, 0.15) is 6.04 Å². The fraction of sp³-hybridized carbons (Fsp3) is 0.500. The smallest absolute Gasteiger partial charge is 0.322 e. The summed E-state index contributed by atoms with van der Waals surface area (Å²) in [6, 6.07) is -0.603. The van der Waals surface area contributed by atoms with Crippen molar-refractivity contribution in [1.82, 2.24) is 9.78 Å². The molecule has 5 nitrogen and oxygen atoms in total. The molecule has 0 aliphatic heterocycles. The van der Waals surface area contributed by atoms with Gasteiger partial charge in [0.2, 0.25) is 0 Å². The predicted molar refractivity (Wildman–Crippen MR) is 54.2 cm³/mol. The minimum atomic E-state index is -0.603. The van der Waals surface area contributed by atoms with Crippen LogP contribution in [-0.4, -0.2) is 28.9 Å². The molecule has 1 aromatic rings. The van der Waals surface area contributed by atoms with E-state index in [0.717, 1.165) is 5.56 Å². The summed E-state index contributed by atoms with van der Waals surface area (Å²) in [4.78, 5) is 10.9. The Hall–Kier alpha value is -1.07. The van der Waals surface area contributed by atoms with Crippen LogP contribution in [0.5, 0.6) is 0 Å². The van der Waals surface area contributed by atoms with Crippen molar-refractivity contribution in [3.8, 4) is 0 Å². The van der Waals surface area contributed by atoms with Gasteiger partial charge >= 0.3 is 5.97 Å². The third-order valence-electron chi connectivity index (χ3n) is 1.72. The Bertz CT molecular complexity index is 301. The Morgan fingerprint density at radius 2 is 2.43 bits per heavy atom. The number of hydrogen-bond acceptors (Lipinski definition) is 4. The van der Waals surface area contributed by atoms with Gasteiger partial charge in [-0.1, -0.05) is 0 Å². The van der Waals surface area contributed by atoms with Gasteiger partial charge in [0.15, 0.2) is 0 Å². The number of aryl methyl sites for hydroxylation is 1. The highest BCUT2D eigenvalue weighted by atomic mass is 35.5. The van der Waals surface area contributed by atoms with E-state index in [1.54, 1.807) is 10.9 Å². The third-order valence-corrected chi connectivity index (χ3v) is 1.72. The maximum Gasteiger partial charge on any atom is 0.322 e. The largest absolute Gasteiger partial charge is 0.468 e. The van der Waals surface area contributed by atoms with Crippen LogP contribution < -0.4 is 5.73 Å². The van der Waals surface area contributed by atoms with E-state index in [2.05, 4.69) is 9.84 Å². The van der Waals surface area contributed by atoms with Crippen LogP contribution in [0, 0.1) is 0 Å². The Balaban J connectivity index is 0.00000169. The molecule has 0 aliphatic rings. The Labute approximate surface area is 88.6 Å². The quantitative estimate of drug-likeness (QED) is 0.720. The highest BCUT2D eigenvalue weighted by Crippen LogP contribution is 2.00. The third kappa shape index (κ3) is 3.35. The lowest BCUT2D eigenvalue weighted by molar-refractivity contribution is -0.142. The van der Waals surface area contributed by atoms with E-state index in [1.807, 2.05) is 13.2 Å². The highest BCUT2D eigenvalue weighted by molar-refractivity contribution is 5.85. The van der Waals surface area contributed by atoms with E-state index in [4.69, 9.17) is 5.73 Å². The zero-order valence-corrected chi connectivity index (χ0v) is 8.95. The van der Waals surface area contributed by atoms with Crippen molar-refractivity contribution in [2.45, 2.75) is 12.5 Å². The van der Waals surface area contributed by atoms with E-state index in [-0.39, 0.29) is 12.4 Å². The molecule has 0 radical (unpaired) electrons. The standard InChI is InChI=1S/C8H13N3O2.ClH/c1-11-5-6(4-10-11)3-7(9)8(12)13-2;/h4-5,7H,3,9H2,1-2H3;1H/t7-;/m1./s1. The van der Waals surface area contributed by atoms with Gasteiger partial charge in [-0.15, -0.1) is 12.4 Å². The number of halogens is 1. The summed E-state index contributed by atoms with van der Waals surface area (Å²) in [6.45, 7) is 0. The van der Waals surface area contributed by atoms with Crippen LogP contribution in [-0.2, 0) is 23.0 Å². The number of carbonyl (C=O) groups is 1. The maximum atomic E-state index is 10.9. The minimum absolute atomic E-state index is 0. The summed E-state index contributed by atoms with van der Waals surface area (Å²) in [7, 11) is 3.14. The molecule has 14 heavy (non-hydrogen) atoms. The van der Waals surface area contributed by atoms with Gasteiger partial charge in [0.05, 0.1) is 13.3 Å². The second-order valence-corrected chi connectivity index (χ2v) is 2.86. The van der Waals surface area contributed by atoms with Gasteiger partial charge < -0.3 is 10.5 Å². The van der Waals surface area contributed by atoms with Gasteiger partial charge in [-0.2, -0.15) is 5.10 Å². The second kappa shape index (κ2) is 5.62. The summed E-state index contributed by atoms with van der Waals surface area (Å²) in [5, 5.41) is 3.96. The molecule has 80 valence electrons. The monoisotopic (exact) mass is 219 g/mol. The van der Waals surface area contributed by atoms with Crippen molar-refractivity contribution in [2.75, 3.05) is 7.11 Å². The minimum Gasteiger partial charge on any atom is -0.468 e. The van der Waals surface area contributed by atoms with Gasteiger partial charge in [-0.05, 0) is 5.56 Å². The van der Waals surface area contributed by atoms with Crippen molar-refractivity contribution in [3.05, 3.63) is 18.0 Å². The number of aromatic nitrogens is 2. The number of esters is 1. The Morgan fingerprint density at radius 1 is 1.79 bits per heavy atom. The number of rotatable bonds is 3. The van der Waals surface area contributed by atoms with E-state index < -0.39 is 12.0 Å². The second-order valence-electron chi connectivity index (χ2n) is 2.86. The zero-order chi connectivity index (χ0) is 9.84. The summed E-state index contributed by atoms with van der Waals surface area (Å²) >= 11 is 0. The van der Waals surface area contributed by atoms with Crippen LogP contribution in [0.3, 0.4) is 0 Å².